The molecule has 28 heavy (non-hydrogen) atoms. The van der Waals surface area contributed by atoms with E-state index in [0.29, 0.717) is 17.2 Å². The Hall–Kier alpha value is -3.81. The van der Waals surface area contributed by atoms with E-state index in [9.17, 15) is 14.9 Å². The Balaban J connectivity index is 1.87. The molecule has 0 radical (unpaired) electrons. The van der Waals surface area contributed by atoms with Gasteiger partial charge >= 0.3 is 0 Å². The van der Waals surface area contributed by atoms with E-state index < -0.39 is 4.92 Å². The minimum absolute atomic E-state index is 0.0118. The lowest BCUT2D eigenvalue weighted by molar-refractivity contribution is -0.384. The molecule has 0 fully saturated rings. The largest absolute Gasteiger partial charge is 0.340 e. The van der Waals surface area contributed by atoms with Crippen LogP contribution in [0.4, 0.5) is 22.9 Å². The van der Waals surface area contributed by atoms with Crippen molar-refractivity contribution in [2.75, 3.05) is 17.3 Å². The number of amides is 1. The highest BCUT2D eigenvalue weighted by Gasteiger charge is 2.11. The molecule has 0 unspecified atom stereocenters. The second-order valence-electron chi connectivity index (χ2n) is 6.28. The summed E-state index contributed by atoms with van der Waals surface area (Å²) in [7, 11) is 1.71. The number of benzene rings is 2. The third kappa shape index (κ3) is 4.29. The van der Waals surface area contributed by atoms with Crippen LogP contribution in [0.1, 0.15) is 12.6 Å². The van der Waals surface area contributed by atoms with Crippen LogP contribution in [0.5, 0.6) is 0 Å². The van der Waals surface area contributed by atoms with E-state index in [2.05, 4.69) is 15.3 Å². The van der Waals surface area contributed by atoms with Crippen molar-refractivity contribution in [3.63, 3.8) is 0 Å². The van der Waals surface area contributed by atoms with Crippen LogP contribution in [-0.4, -0.2) is 27.8 Å². The van der Waals surface area contributed by atoms with Crippen molar-refractivity contribution >= 4 is 28.8 Å². The summed E-state index contributed by atoms with van der Waals surface area (Å²) in [6, 6.07) is 15.4. The van der Waals surface area contributed by atoms with Crippen LogP contribution in [-0.2, 0) is 4.79 Å². The van der Waals surface area contributed by atoms with E-state index in [0.717, 1.165) is 17.1 Å². The molecule has 3 aromatic rings. The maximum atomic E-state index is 11.4. The van der Waals surface area contributed by atoms with Crippen molar-refractivity contribution < 1.29 is 9.72 Å². The first-order chi connectivity index (χ1) is 13.3. The van der Waals surface area contributed by atoms with Gasteiger partial charge in [-0.25, -0.2) is 9.97 Å². The number of carbonyl (C=O) groups is 1. The molecular weight excluding hydrogens is 358 g/mol. The Morgan fingerprint density at radius 3 is 2.46 bits per heavy atom. The van der Waals surface area contributed by atoms with Gasteiger partial charge in [0.1, 0.15) is 5.82 Å². The van der Waals surface area contributed by atoms with E-state index in [1.807, 2.05) is 31.2 Å². The van der Waals surface area contributed by atoms with E-state index in [1.54, 1.807) is 30.1 Å². The quantitative estimate of drug-likeness (QED) is 0.531. The van der Waals surface area contributed by atoms with Crippen molar-refractivity contribution in [3.05, 3.63) is 70.4 Å². The van der Waals surface area contributed by atoms with E-state index in [1.165, 1.54) is 19.1 Å². The summed E-state index contributed by atoms with van der Waals surface area (Å²) in [6.07, 6.45) is 0. The SMILES string of the molecule is CC(=O)N(C)c1ccc(Nc2cc(C)nc(-c3cccc([N+](=O)[O-])c3)n2)cc1. The summed E-state index contributed by atoms with van der Waals surface area (Å²) >= 11 is 0. The smallest absolute Gasteiger partial charge is 0.270 e. The van der Waals surface area contributed by atoms with Gasteiger partial charge in [0, 0.05) is 54.8 Å². The Labute approximate surface area is 162 Å². The lowest BCUT2D eigenvalue weighted by Gasteiger charge is -2.15. The Bertz CT molecular complexity index is 1030. The number of aromatic nitrogens is 2. The predicted molar refractivity (Wildman–Crippen MR) is 108 cm³/mol. The third-order valence-corrected chi connectivity index (χ3v) is 4.17. The van der Waals surface area contributed by atoms with Gasteiger partial charge < -0.3 is 10.2 Å². The van der Waals surface area contributed by atoms with Gasteiger partial charge in [-0.1, -0.05) is 12.1 Å². The molecule has 8 heteroatoms. The van der Waals surface area contributed by atoms with Gasteiger partial charge in [0.15, 0.2) is 5.82 Å². The van der Waals surface area contributed by atoms with E-state index >= 15 is 0 Å². The summed E-state index contributed by atoms with van der Waals surface area (Å²) in [5, 5.41) is 14.2. The number of non-ortho nitro benzene ring substituents is 1. The molecule has 0 aliphatic carbocycles. The Kier molecular flexibility index (Phi) is 5.30. The van der Waals surface area contributed by atoms with Crippen molar-refractivity contribution in [2.45, 2.75) is 13.8 Å². The summed E-state index contributed by atoms with van der Waals surface area (Å²) in [4.78, 5) is 32.4. The molecule has 0 saturated carbocycles. The average molecular weight is 377 g/mol. The van der Waals surface area contributed by atoms with Crippen LogP contribution >= 0.6 is 0 Å². The standard InChI is InChI=1S/C20H19N5O3/c1-13-11-19(22-16-7-9-17(10-8-16)24(3)14(2)26)23-20(21-13)15-5-4-6-18(12-15)25(27)28/h4-12H,1-3H3,(H,21,22,23). The minimum atomic E-state index is -0.446. The fourth-order valence-electron chi connectivity index (χ4n) is 2.62. The molecule has 0 saturated heterocycles. The molecule has 3 rings (SSSR count). The summed E-state index contributed by atoms with van der Waals surface area (Å²) in [6.45, 7) is 3.34. The molecule has 1 heterocycles. The lowest BCUT2D eigenvalue weighted by Crippen LogP contribution is -2.22. The molecule has 8 nitrogen and oxygen atoms in total. The minimum Gasteiger partial charge on any atom is -0.340 e. The van der Waals surface area contributed by atoms with Crippen LogP contribution < -0.4 is 10.2 Å². The van der Waals surface area contributed by atoms with Crippen LogP contribution in [0.15, 0.2) is 54.6 Å². The molecular formula is C20H19N5O3. The van der Waals surface area contributed by atoms with Gasteiger partial charge in [0.25, 0.3) is 5.69 Å². The fourth-order valence-corrected chi connectivity index (χ4v) is 2.62. The van der Waals surface area contributed by atoms with Crippen molar-refractivity contribution in [3.8, 4) is 11.4 Å². The molecule has 0 bridgehead atoms. The normalized spacial score (nSPS) is 10.4. The maximum absolute atomic E-state index is 11.4. The second kappa shape index (κ2) is 7.83. The predicted octanol–water partition coefficient (Wildman–Crippen LogP) is 4.09. The number of aryl methyl sites for hydroxylation is 1. The number of rotatable bonds is 5. The summed E-state index contributed by atoms with van der Waals surface area (Å²) in [5.41, 5.74) is 2.87. The van der Waals surface area contributed by atoms with Crippen molar-refractivity contribution in [1.29, 1.82) is 0 Å². The lowest BCUT2D eigenvalue weighted by atomic mass is 10.2. The number of hydrogen-bond acceptors (Lipinski definition) is 6. The van der Waals surface area contributed by atoms with E-state index in [-0.39, 0.29) is 11.6 Å². The third-order valence-electron chi connectivity index (χ3n) is 4.17. The van der Waals surface area contributed by atoms with Crippen LogP contribution in [0.2, 0.25) is 0 Å². The number of anilines is 3. The second-order valence-corrected chi connectivity index (χ2v) is 6.28. The van der Waals surface area contributed by atoms with Crippen molar-refractivity contribution in [1.82, 2.24) is 9.97 Å². The number of nitrogens with one attached hydrogen (secondary N) is 1. The zero-order valence-electron chi connectivity index (χ0n) is 15.7. The Morgan fingerprint density at radius 2 is 1.82 bits per heavy atom. The number of nitro benzene ring substituents is 1. The number of carbonyl (C=O) groups excluding carboxylic acids is 1. The average Bonchev–Trinajstić information content (AvgIpc) is 2.67. The zero-order valence-corrected chi connectivity index (χ0v) is 15.7. The first-order valence-corrected chi connectivity index (χ1v) is 8.55. The highest BCUT2D eigenvalue weighted by atomic mass is 16.6. The van der Waals surface area contributed by atoms with Gasteiger partial charge in [-0.2, -0.15) is 0 Å². The molecule has 2 aromatic carbocycles. The van der Waals surface area contributed by atoms with Gasteiger partial charge in [-0.15, -0.1) is 0 Å². The van der Waals surface area contributed by atoms with Gasteiger partial charge in [-0.3, -0.25) is 14.9 Å². The first-order valence-electron chi connectivity index (χ1n) is 8.55. The molecule has 0 spiro atoms. The van der Waals surface area contributed by atoms with Gasteiger partial charge in [-0.05, 0) is 31.2 Å². The molecule has 0 atom stereocenters. The zero-order chi connectivity index (χ0) is 20.3. The molecule has 1 N–H and O–H groups in total. The number of nitro groups is 1. The van der Waals surface area contributed by atoms with Crippen molar-refractivity contribution in [2.24, 2.45) is 0 Å². The molecule has 1 amide bonds. The maximum Gasteiger partial charge on any atom is 0.270 e. The summed E-state index contributed by atoms with van der Waals surface area (Å²) in [5.74, 6) is 0.926. The van der Waals surface area contributed by atoms with Crippen LogP contribution in [0.25, 0.3) is 11.4 Å². The fraction of sp³-hybridized carbons (Fsp3) is 0.150. The highest BCUT2D eigenvalue weighted by Crippen LogP contribution is 2.24. The molecule has 0 aliphatic heterocycles. The molecule has 0 aliphatic rings. The highest BCUT2D eigenvalue weighted by molar-refractivity contribution is 5.91. The van der Waals surface area contributed by atoms with Crippen LogP contribution in [0.3, 0.4) is 0 Å². The Morgan fingerprint density at radius 1 is 1.11 bits per heavy atom. The molecule has 1 aromatic heterocycles. The monoisotopic (exact) mass is 377 g/mol. The first kappa shape index (κ1) is 19.0. The van der Waals surface area contributed by atoms with Gasteiger partial charge in [0.2, 0.25) is 5.91 Å². The van der Waals surface area contributed by atoms with Crippen LogP contribution in [0, 0.1) is 17.0 Å². The number of hydrogen-bond donors (Lipinski definition) is 1. The topological polar surface area (TPSA) is 101 Å². The van der Waals surface area contributed by atoms with E-state index in [4.69, 9.17) is 0 Å². The van der Waals surface area contributed by atoms with Gasteiger partial charge in [0.05, 0.1) is 4.92 Å². The summed E-state index contributed by atoms with van der Waals surface area (Å²) < 4.78 is 0. The number of nitrogens with zero attached hydrogens (tertiary/aromatic N) is 4. The molecule has 142 valence electrons.